The monoisotopic (exact) mass is 173 g/mol. The molecule has 1 unspecified atom stereocenters. The van der Waals surface area contributed by atoms with Crippen molar-refractivity contribution in [1.82, 2.24) is 0 Å². The summed E-state index contributed by atoms with van der Waals surface area (Å²) >= 11 is 0. The topological polar surface area (TPSA) is 43.1 Å². The van der Waals surface area contributed by atoms with Gasteiger partial charge < -0.3 is 5.73 Å². The summed E-state index contributed by atoms with van der Waals surface area (Å²) in [6.45, 7) is 1.62. The van der Waals surface area contributed by atoms with E-state index in [4.69, 9.17) is 12.2 Å². The fraction of sp³-hybridized carbons (Fsp3) is 0.182. The Morgan fingerprint density at radius 3 is 2.46 bits per heavy atom. The zero-order valence-corrected chi connectivity index (χ0v) is 7.45. The van der Waals surface area contributed by atoms with Gasteiger partial charge in [0, 0.05) is 0 Å². The van der Waals surface area contributed by atoms with Crippen molar-refractivity contribution in [3.8, 4) is 12.3 Å². The van der Waals surface area contributed by atoms with Gasteiger partial charge in [-0.3, -0.25) is 4.79 Å². The average Bonchev–Trinajstić information content (AvgIpc) is 2.18. The number of rotatable bonds is 2. The molecule has 0 fully saturated rings. The van der Waals surface area contributed by atoms with E-state index in [0.717, 1.165) is 5.56 Å². The van der Waals surface area contributed by atoms with Gasteiger partial charge in [0.2, 0.25) is 5.78 Å². The maximum absolute atomic E-state index is 11.3. The van der Waals surface area contributed by atoms with Crippen LogP contribution in [0.3, 0.4) is 0 Å². The third-order valence-corrected chi connectivity index (χ3v) is 1.98. The summed E-state index contributed by atoms with van der Waals surface area (Å²) in [4.78, 5) is 11.3. The van der Waals surface area contributed by atoms with Gasteiger partial charge in [-0.2, -0.15) is 0 Å². The molecule has 13 heavy (non-hydrogen) atoms. The van der Waals surface area contributed by atoms with Crippen LogP contribution in [0.15, 0.2) is 30.3 Å². The second kappa shape index (κ2) is 3.42. The second-order valence-electron chi connectivity index (χ2n) is 3.04. The number of hydrogen-bond donors (Lipinski definition) is 1. The quantitative estimate of drug-likeness (QED) is 0.537. The summed E-state index contributed by atoms with van der Waals surface area (Å²) in [5.41, 5.74) is 5.46. The Hall–Kier alpha value is -1.59. The molecule has 0 amide bonds. The molecule has 0 saturated heterocycles. The fourth-order valence-corrected chi connectivity index (χ4v) is 1.07. The lowest BCUT2D eigenvalue weighted by molar-refractivity contribution is -0.118. The smallest absolute Gasteiger partial charge is 0.229 e. The zero-order chi connectivity index (χ0) is 9.90. The van der Waals surface area contributed by atoms with Crippen LogP contribution < -0.4 is 5.73 Å². The molecular formula is C11H11NO. The summed E-state index contributed by atoms with van der Waals surface area (Å²) in [7, 11) is 0. The number of Topliss-reactive ketones (excluding diaryl/α,β-unsaturated/α-hetero) is 1. The summed E-state index contributed by atoms with van der Waals surface area (Å²) in [5, 5.41) is 0. The van der Waals surface area contributed by atoms with Crippen molar-refractivity contribution >= 4 is 5.78 Å². The molecule has 2 heteroatoms. The number of terminal acetylenes is 1. The molecule has 1 aromatic rings. The van der Waals surface area contributed by atoms with E-state index in [1.807, 2.05) is 24.1 Å². The molecule has 0 aromatic heterocycles. The lowest BCUT2D eigenvalue weighted by Crippen LogP contribution is -2.40. The van der Waals surface area contributed by atoms with Gasteiger partial charge in [-0.25, -0.2) is 0 Å². The Morgan fingerprint density at radius 1 is 1.46 bits per heavy atom. The Balaban J connectivity index is 3.09. The molecule has 0 aliphatic heterocycles. The predicted molar refractivity (Wildman–Crippen MR) is 51.8 cm³/mol. The molecular weight excluding hydrogens is 162 g/mol. The van der Waals surface area contributed by atoms with Crippen LogP contribution >= 0.6 is 0 Å². The van der Waals surface area contributed by atoms with E-state index in [2.05, 4.69) is 0 Å². The Morgan fingerprint density at radius 2 is 2.00 bits per heavy atom. The molecule has 0 heterocycles. The number of benzene rings is 1. The van der Waals surface area contributed by atoms with Crippen molar-refractivity contribution in [2.45, 2.75) is 12.5 Å². The van der Waals surface area contributed by atoms with Crippen molar-refractivity contribution in [2.75, 3.05) is 0 Å². The van der Waals surface area contributed by atoms with Gasteiger partial charge in [0.05, 0.1) is 0 Å². The first-order valence-electron chi connectivity index (χ1n) is 3.94. The van der Waals surface area contributed by atoms with E-state index in [9.17, 15) is 4.79 Å². The standard InChI is InChI=1S/C11H11NO/c1-3-10(13)11(2,12)9-7-5-4-6-8-9/h1,4-8H,12H2,2H3. The van der Waals surface area contributed by atoms with Crippen molar-refractivity contribution in [1.29, 1.82) is 0 Å². The SMILES string of the molecule is C#CC(=O)C(C)(N)c1ccccc1. The first-order valence-corrected chi connectivity index (χ1v) is 3.94. The second-order valence-corrected chi connectivity index (χ2v) is 3.04. The minimum atomic E-state index is -1.07. The van der Waals surface area contributed by atoms with Gasteiger partial charge in [-0.1, -0.05) is 30.3 Å². The van der Waals surface area contributed by atoms with Gasteiger partial charge >= 0.3 is 0 Å². The molecule has 2 N–H and O–H groups in total. The molecule has 0 bridgehead atoms. The average molecular weight is 173 g/mol. The summed E-state index contributed by atoms with van der Waals surface area (Å²) in [6, 6.07) is 9.08. The van der Waals surface area contributed by atoms with E-state index >= 15 is 0 Å². The van der Waals surface area contributed by atoms with Gasteiger partial charge in [-0.15, -0.1) is 6.42 Å². The molecule has 1 atom stereocenters. The highest BCUT2D eigenvalue weighted by atomic mass is 16.1. The summed E-state index contributed by atoms with van der Waals surface area (Å²) in [6.07, 6.45) is 5.02. The molecule has 0 spiro atoms. The van der Waals surface area contributed by atoms with Crippen LogP contribution in [0.2, 0.25) is 0 Å². The molecule has 0 aliphatic carbocycles. The maximum atomic E-state index is 11.3. The van der Waals surface area contributed by atoms with Crippen LogP contribution in [0.4, 0.5) is 0 Å². The fourth-order valence-electron chi connectivity index (χ4n) is 1.07. The molecule has 0 saturated carbocycles. The number of carbonyl (C=O) groups excluding carboxylic acids is 1. The molecule has 0 radical (unpaired) electrons. The summed E-state index contributed by atoms with van der Waals surface area (Å²) < 4.78 is 0. The van der Waals surface area contributed by atoms with Crippen LogP contribution in [0.5, 0.6) is 0 Å². The van der Waals surface area contributed by atoms with Gasteiger partial charge in [0.25, 0.3) is 0 Å². The first-order chi connectivity index (χ1) is 6.09. The van der Waals surface area contributed by atoms with Crippen molar-refractivity contribution in [2.24, 2.45) is 5.73 Å². The number of hydrogen-bond acceptors (Lipinski definition) is 2. The van der Waals surface area contributed by atoms with E-state index < -0.39 is 11.3 Å². The third kappa shape index (κ3) is 1.77. The van der Waals surface area contributed by atoms with Crippen molar-refractivity contribution < 1.29 is 4.79 Å². The molecule has 2 nitrogen and oxygen atoms in total. The van der Waals surface area contributed by atoms with E-state index in [1.165, 1.54) is 0 Å². The predicted octanol–water partition coefficient (Wildman–Crippen LogP) is 1.06. The highest BCUT2D eigenvalue weighted by Gasteiger charge is 2.28. The molecule has 1 rings (SSSR count). The Labute approximate surface area is 77.8 Å². The van der Waals surface area contributed by atoms with E-state index in [-0.39, 0.29) is 0 Å². The minimum absolute atomic E-state index is 0.404. The van der Waals surface area contributed by atoms with Crippen molar-refractivity contribution in [3.05, 3.63) is 35.9 Å². The molecule has 1 aromatic carbocycles. The van der Waals surface area contributed by atoms with Crippen molar-refractivity contribution in [3.63, 3.8) is 0 Å². The van der Waals surface area contributed by atoms with Gasteiger partial charge in [0.1, 0.15) is 5.54 Å². The van der Waals surface area contributed by atoms with Crippen LogP contribution in [-0.4, -0.2) is 5.78 Å². The van der Waals surface area contributed by atoms with Crippen LogP contribution in [0.25, 0.3) is 0 Å². The summed E-state index contributed by atoms with van der Waals surface area (Å²) in [5.74, 6) is 1.64. The lowest BCUT2D eigenvalue weighted by atomic mass is 9.89. The highest BCUT2D eigenvalue weighted by molar-refractivity contribution is 6.02. The van der Waals surface area contributed by atoms with Crippen LogP contribution in [0, 0.1) is 12.3 Å². The van der Waals surface area contributed by atoms with Gasteiger partial charge in [-0.05, 0) is 18.4 Å². The normalized spacial score (nSPS) is 14.2. The van der Waals surface area contributed by atoms with Crippen LogP contribution in [0.1, 0.15) is 12.5 Å². The van der Waals surface area contributed by atoms with E-state index in [0.29, 0.717) is 0 Å². The lowest BCUT2D eigenvalue weighted by Gasteiger charge is -2.20. The molecule has 0 aliphatic rings. The Kier molecular flexibility index (Phi) is 2.50. The number of nitrogens with two attached hydrogens (primary N) is 1. The van der Waals surface area contributed by atoms with Gasteiger partial charge in [0.15, 0.2) is 0 Å². The van der Waals surface area contributed by atoms with Crippen LogP contribution in [-0.2, 0) is 10.3 Å². The van der Waals surface area contributed by atoms with E-state index in [1.54, 1.807) is 19.1 Å². The molecule has 66 valence electrons. The Bertz CT molecular complexity index is 346. The minimum Gasteiger partial charge on any atom is -0.315 e. The number of carbonyl (C=O) groups is 1. The zero-order valence-electron chi connectivity index (χ0n) is 7.45. The number of ketones is 1. The third-order valence-electron chi connectivity index (χ3n) is 1.98. The highest BCUT2D eigenvalue weighted by Crippen LogP contribution is 2.17. The first kappa shape index (κ1) is 9.50. The maximum Gasteiger partial charge on any atom is 0.229 e. The largest absolute Gasteiger partial charge is 0.315 e.